The molecule has 1 aliphatic heterocycles. The second-order valence-corrected chi connectivity index (χ2v) is 8.59. The Morgan fingerprint density at radius 1 is 1.30 bits per heavy atom. The number of carbonyl (C=O) groups excluding carboxylic acids is 1. The van der Waals surface area contributed by atoms with Gasteiger partial charge in [0.25, 0.3) is 0 Å². The Bertz CT molecular complexity index is 1090. The van der Waals surface area contributed by atoms with E-state index in [2.05, 4.69) is 38.3 Å². The quantitative estimate of drug-likeness (QED) is 0.490. The van der Waals surface area contributed by atoms with Crippen LogP contribution in [0.2, 0.25) is 0 Å². The summed E-state index contributed by atoms with van der Waals surface area (Å²) in [5.74, 6) is 1.64. The molecular weight excluding hydrogens is 464 g/mol. The molecule has 0 radical (unpaired) electrons. The maximum atomic E-state index is 13.1. The van der Waals surface area contributed by atoms with Crippen LogP contribution in [-0.4, -0.2) is 39.2 Å². The molecule has 1 unspecified atom stereocenters. The molecular formula is C22H23BrN4O2S. The summed E-state index contributed by atoms with van der Waals surface area (Å²) in [5.41, 5.74) is 2.10. The highest BCUT2D eigenvalue weighted by Gasteiger charge is 2.29. The van der Waals surface area contributed by atoms with Crippen LogP contribution in [0.25, 0.3) is 11.4 Å². The Labute approximate surface area is 189 Å². The average molecular weight is 487 g/mol. The van der Waals surface area contributed by atoms with Crippen molar-refractivity contribution >= 4 is 34.1 Å². The molecule has 1 amide bonds. The molecule has 8 heteroatoms. The normalized spacial score (nSPS) is 16.1. The van der Waals surface area contributed by atoms with Crippen molar-refractivity contribution in [3.05, 3.63) is 63.3 Å². The molecule has 0 aliphatic carbocycles. The first-order valence-corrected chi connectivity index (χ1v) is 11.1. The van der Waals surface area contributed by atoms with E-state index in [4.69, 9.17) is 17.0 Å². The van der Waals surface area contributed by atoms with E-state index in [1.54, 1.807) is 7.11 Å². The molecule has 0 bridgehead atoms. The zero-order valence-electron chi connectivity index (χ0n) is 16.7. The fraction of sp³-hybridized carbons (Fsp3) is 0.318. The van der Waals surface area contributed by atoms with Gasteiger partial charge in [-0.1, -0.05) is 28.1 Å². The number of aromatic amines is 1. The standard InChI is InChI=1S/C22H23BrN4O2S/c1-29-18-9-7-15(8-10-18)21-24-25-22(30)27(21)13-11-20(28)26-12-3-6-19(26)16-4-2-5-17(23)14-16/h2,4-5,7-10,14,19H,3,6,11-13H2,1H3,(H,25,30). The smallest absolute Gasteiger partial charge is 0.224 e. The van der Waals surface area contributed by atoms with Gasteiger partial charge in [0.2, 0.25) is 5.91 Å². The summed E-state index contributed by atoms with van der Waals surface area (Å²) in [6, 6.07) is 16.0. The van der Waals surface area contributed by atoms with Crippen LogP contribution in [0.1, 0.15) is 30.9 Å². The van der Waals surface area contributed by atoms with Gasteiger partial charge in [0, 0.05) is 29.5 Å². The second-order valence-electron chi connectivity index (χ2n) is 7.28. The van der Waals surface area contributed by atoms with Crippen molar-refractivity contribution in [3.8, 4) is 17.1 Å². The van der Waals surface area contributed by atoms with E-state index in [1.165, 1.54) is 5.56 Å². The van der Waals surface area contributed by atoms with E-state index in [0.717, 1.165) is 41.0 Å². The fourth-order valence-electron chi connectivity index (χ4n) is 3.96. The van der Waals surface area contributed by atoms with Crippen molar-refractivity contribution in [1.29, 1.82) is 0 Å². The number of aromatic nitrogens is 3. The number of nitrogens with one attached hydrogen (secondary N) is 1. The van der Waals surface area contributed by atoms with Crippen molar-refractivity contribution in [2.24, 2.45) is 0 Å². The Hall–Kier alpha value is -2.45. The highest BCUT2D eigenvalue weighted by atomic mass is 79.9. The van der Waals surface area contributed by atoms with Crippen LogP contribution < -0.4 is 4.74 Å². The molecule has 30 heavy (non-hydrogen) atoms. The number of nitrogens with zero attached hydrogens (tertiary/aromatic N) is 3. The SMILES string of the molecule is COc1ccc(-c2n[nH]c(=S)n2CCC(=O)N2CCCC2c2cccc(Br)c2)cc1. The number of ether oxygens (including phenoxy) is 1. The van der Waals surface area contributed by atoms with Gasteiger partial charge in [0.15, 0.2) is 10.6 Å². The first-order chi connectivity index (χ1) is 14.6. The van der Waals surface area contributed by atoms with Crippen LogP contribution in [0.15, 0.2) is 53.0 Å². The first-order valence-electron chi connectivity index (χ1n) is 9.91. The largest absolute Gasteiger partial charge is 0.497 e. The van der Waals surface area contributed by atoms with Gasteiger partial charge in [-0.25, -0.2) is 0 Å². The summed E-state index contributed by atoms with van der Waals surface area (Å²) in [7, 11) is 1.64. The number of halogens is 1. The molecule has 0 spiro atoms. The van der Waals surface area contributed by atoms with Gasteiger partial charge in [-0.2, -0.15) is 5.10 Å². The Kier molecular flexibility index (Phi) is 6.34. The number of hydrogen-bond donors (Lipinski definition) is 1. The summed E-state index contributed by atoms with van der Waals surface area (Å²) in [5, 5.41) is 7.22. The van der Waals surface area contributed by atoms with Crippen molar-refractivity contribution in [2.45, 2.75) is 31.8 Å². The number of hydrogen-bond acceptors (Lipinski definition) is 4. The van der Waals surface area contributed by atoms with Crippen LogP contribution in [0.5, 0.6) is 5.75 Å². The zero-order chi connectivity index (χ0) is 21.1. The average Bonchev–Trinajstić information content (AvgIpc) is 3.39. The molecule has 1 saturated heterocycles. The predicted molar refractivity (Wildman–Crippen MR) is 122 cm³/mol. The molecule has 1 aromatic heterocycles. The molecule has 156 valence electrons. The lowest BCUT2D eigenvalue weighted by Gasteiger charge is -2.25. The van der Waals surface area contributed by atoms with E-state index in [9.17, 15) is 4.79 Å². The Balaban J connectivity index is 1.49. The minimum atomic E-state index is 0.133. The summed E-state index contributed by atoms with van der Waals surface area (Å²) in [6.07, 6.45) is 2.39. The van der Waals surface area contributed by atoms with Gasteiger partial charge in [-0.15, -0.1) is 0 Å². The maximum absolute atomic E-state index is 13.1. The van der Waals surface area contributed by atoms with Gasteiger partial charge in [-0.3, -0.25) is 14.5 Å². The Morgan fingerprint density at radius 3 is 2.83 bits per heavy atom. The van der Waals surface area contributed by atoms with Crippen molar-refractivity contribution in [1.82, 2.24) is 19.7 Å². The van der Waals surface area contributed by atoms with Crippen LogP contribution >= 0.6 is 28.1 Å². The molecule has 6 nitrogen and oxygen atoms in total. The second kappa shape index (κ2) is 9.14. The van der Waals surface area contributed by atoms with Gasteiger partial charge in [0.05, 0.1) is 13.2 Å². The van der Waals surface area contributed by atoms with E-state index in [-0.39, 0.29) is 11.9 Å². The van der Waals surface area contributed by atoms with Gasteiger partial charge >= 0.3 is 0 Å². The predicted octanol–water partition coefficient (Wildman–Crippen LogP) is 5.13. The molecule has 1 aliphatic rings. The number of methoxy groups -OCH3 is 1. The highest BCUT2D eigenvalue weighted by Crippen LogP contribution is 2.33. The first kappa shape index (κ1) is 20.8. The third-order valence-corrected chi connectivity index (χ3v) is 6.27. The summed E-state index contributed by atoms with van der Waals surface area (Å²) < 4.78 is 8.66. The lowest BCUT2D eigenvalue weighted by Crippen LogP contribution is -2.31. The number of carbonyl (C=O) groups is 1. The zero-order valence-corrected chi connectivity index (χ0v) is 19.1. The van der Waals surface area contributed by atoms with E-state index in [1.807, 2.05) is 45.9 Å². The number of H-pyrrole nitrogens is 1. The van der Waals surface area contributed by atoms with Crippen LogP contribution in [0, 0.1) is 4.77 Å². The molecule has 0 saturated carbocycles. The van der Waals surface area contributed by atoms with Gasteiger partial charge < -0.3 is 9.64 Å². The fourth-order valence-corrected chi connectivity index (χ4v) is 4.60. The summed E-state index contributed by atoms with van der Waals surface area (Å²) in [4.78, 5) is 15.1. The van der Waals surface area contributed by atoms with Crippen molar-refractivity contribution in [3.63, 3.8) is 0 Å². The molecule has 3 aromatic rings. The third kappa shape index (κ3) is 4.34. The lowest BCUT2D eigenvalue weighted by molar-refractivity contribution is -0.132. The van der Waals surface area contributed by atoms with Crippen molar-refractivity contribution in [2.75, 3.05) is 13.7 Å². The van der Waals surface area contributed by atoms with Crippen LogP contribution in [0.4, 0.5) is 0 Å². The minimum Gasteiger partial charge on any atom is -0.497 e. The van der Waals surface area contributed by atoms with Gasteiger partial charge in [0.1, 0.15) is 5.75 Å². The molecule has 1 N–H and O–H groups in total. The third-order valence-electron chi connectivity index (χ3n) is 5.46. The minimum absolute atomic E-state index is 0.133. The lowest BCUT2D eigenvalue weighted by atomic mass is 10.0. The number of benzene rings is 2. The molecule has 1 atom stereocenters. The topological polar surface area (TPSA) is 63.1 Å². The summed E-state index contributed by atoms with van der Waals surface area (Å²) in [6.45, 7) is 1.27. The summed E-state index contributed by atoms with van der Waals surface area (Å²) >= 11 is 8.95. The van der Waals surface area contributed by atoms with E-state index >= 15 is 0 Å². The molecule has 2 aromatic carbocycles. The Morgan fingerprint density at radius 2 is 2.10 bits per heavy atom. The van der Waals surface area contributed by atoms with Crippen molar-refractivity contribution < 1.29 is 9.53 Å². The molecule has 2 heterocycles. The maximum Gasteiger partial charge on any atom is 0.224 e. The number of likely N-dealkylation sites (tertiary alicyclic amines) is 1. The molecule has 4 rings (SSSR count). The van der Waals surface area contributed by atoms with Gasteiger partial charge in [-0.05, 0) is 67.0 Å². The van der Waals surface area contributed by atoms with Crippen LogP contribution in [-0.2, 0) is 11.3 Å². The number of amides is 1. The molecule has 1 fully saturated rings. The van der Waals surface area contributed by atoms with E-state index < -0.39 is 0 Å². The highest BCUT2D eigenvalue weighted by molar-refractivity contribution is 9.10. The monoisotopic (exact) mass is 486 g/mol. The van der Waals surface area contributed by atoms with Crippen LogP contribution in [0.3, 0.4) is 0 Å². The number of rotatable bonds is 6. The van der Waals surface area contributed by atoms with E-state index in [0.29, 0.717) is 17.7 Å².